The number of rotatable bonds is 0. The Morgan fingerprint density at radius 3 is 2.31 bits per heavy atom. The van der Waals surface area contributed by atoms with Gasteiger partial charge >= 0.3 is 0 Å². The van der Waals surface area contributed by atoms with Gasteiger partial charge in [0.2, 0.25) is 5.91 Å². The fourth-order valence-electron chi connectivity index (χ4n) is 1.64. The van der Waals surface area contributed by atoms with E-state index in [1.54, 1.807) is 0 Å². The van der Waals surface area contributed by atoms with Crippen LogP contribution in [-0.2, 0) is 4.79 Å². The molecule has 1 aliphatic rings. The molecule has 13 heavy (non-hydrogen) atoms. The molecular weight excluding hydrogens is 164 g/mol. The highest BCUT2D eigenvalue weighted by Gasteiger charge is 2.35. The second kappa shape index (κ2) is 2.98. The van der Waals surface area contributed by atoms with Gasteiger partial charge in [0.15, 0.2) is 0 Å². The third-order valence-corrected chi connectivity index (χ3v) is 2.35. The van der Waals surface area contributed by atoms with E-state index in [2.05, 4.69) is 44.8 Å². The van der Waals surface area contributed by atoms with Crippen LogP contribution in [0.3, 0.4) is 0 Å². The Morgan fingerprint density at radius 1 is 1.38 bits per heavy atom. The van der Waals surface area contributed by atoms with Crippen molar-refractivity contribution in [3.63, 3.8) is 0 Å². The Balaban J connectivity index is 2.74. The van der Waals surface area contributed by atoms with E-state index in [9.17, 15) is 4.79 Å². The molecule has 1 heterocycles. The summed E-state index contributed by atoms with van der Waals surface area (Å²) in [7, 11) is 0. The molecule has 76 valence electrons. The molecule has 0 atom stereocenters. The monoisotopic (exact) mass is 184 g/mol. The van der Waals surface area contributed by atoms with Gasteiger partial charge in [-0.15, -0.1) is 0 Å². The first-order chi connectivity index (χ1) is 5.71. The largest absolute Gasteiger partial charge is 0.349 e. The second-order valence-electron chi connectivity index (χ2n) is 5.46. The van der Waals surface area contributed by atoms with Crippen molar-refractivity contribution >= 4 is 5.91 Å². The zero-order chi connectivity index (χ0) is 10.3. The first kappa shape index (κ1) is 10.5. The number of nitrogens with one attached hydrogen (secondary N) is 1. The minimum absolute atomic E-state index is 0.0784. The number of nitrogens with zero attached hydrogens (tertiary/aromatic N) is 1. The highest BCUT2D eigenvalue weighted by atomic mass is 16.2. The highest BCUT2D eigenvalue weighted by molar-refractivity contribution is 5.79. The Labute approximate surface area is 80.5 Å². The van der Waals surface area contributed by atoms with Gasteiger partial charge in [-0.05, 0) is 34.6 Å². The number of piperazine rings is 1. The Morgan fingerprint density at radius 2 is 1.92 bits per heavy atom. The summed E-state index contributed by atoms with van der Waals surface area (Å²) in [5.74, 6) is 0.131. The van der Waals surface area contributed by atoms with E-state index in [1.807, 2.05) is 0 Å². The van der Waals surface area contributed by atoms with Gasteiger partial charge in [-0.2, -0.15) is 0 Å². The molecular formula is C10H20N2O. The minimum atomic E-state index is -0.0946. The lowest BCUT2D eigenvalue weighted by molar-refractivity contribution is -0.129. The third-order valence-electron chi connectivity index (χ3n) is 2.35. The van der Waals surface area contributed by atoms with Crippen molar-refractivity contribution in [3.8, 4) is 0 Å². The zero-order valence-electron chi connectivity index (χ0n) is 9.27. The van der Waals surface area contributed by atoms with Crippen molar-refractivity contribution in [2.24, 2.45) is 0 Å². The van der Waals surface area contributed by atoms with E-state index < -0.39 is 0 Å². The molecule has 0 aromatic carbocycles. The quantitative estimate of drug-likeness (QED) is 0.609. The van der Waals surface area contributed by atoms with Crippen LogP contribution in [0.2, 0.25) is 0 Å². The summed E-state index contributed by atoms with van der Waals surface area (Å²) in [5.41, 5.74) is -0.0162. The summed E-state index contributed by atoms with van der Waals surface area (Å²) in [5, 5.41) is 2.98. The second-order valence-corrected chi connectivity index (χ2v) is 5.46. The Hall–Kier alpha value is -0.570. The van der Waals surface area contributed by atoms with E-state index >= 15 is 0 Å². The highest BCUT2D eigenvalue weighted by Crippen LogP contribution is 2.19. The van der Waals surface area contributed by atoms with Gasteiger partial charge in [-0.3, -0.25) is 9.69 Å². The maximum Gasteiger partial charge on any atom is 0.234 e. The maximum absolute atomic E-state index is 11.4. The van der Waals surface area contributed by atoms with Gasteiger partial charge in [0.25, 0.3) is 0 Å². The first-order valence-electron chi connectivity index (χ1n) is 4.77. The molecule has 1 saturated heterocycles. The summed E-state index contributed by atoms with van der Waals surface area (Å²) in [6.07, 6.45) is 0. The molecule has 0 spiro atoms. The SMILES string of the molecule is CC1(C)CN(C(C)(C)C)CC(=O)N1. The molecule has 1 aliphatic heterocycles. The number of hydrogen-bond acceptors (Lipinski definition) is 2. The third kappa shape index (κ3) is 2.69. The number of amides is 1. The molecule has 3 heteroatoms. The van der Waals surface area contributed by atoms with Crippen LogP contribution in [0.25, 0.3) is 0 Å². The molecule has 0 aliphatic carbocycles. The lowest BCUT2D eigenvalue weighted by atomic mass is 9.96. The molecule has 0 radical (unpaired) electrons. The van der Waals surface area contributed by atoms with Crippen LogP contribution in [0.4, 0.5) is 0 Å². The van der Waals surface area contributed by atoms with Crippen LogP contribution in [-0.4, -0.2) is 35.0 Å². The first-order valence-corrected chi connectivity index (χ1v) is 4.77. The van der Waals surface area contributed by atoms with Crippen LogP contribution in [0.15, 0.2) is 0 Å². The van der Waals surface area contributed by atoms with Gasteiger partial charge in [-0.25, -0.2) is 0 Å². The van der Waals surface area contributed by atoms with E-state index in [0.29, 0.717) is 6.54 Å². The van der Waals surface area contributed by atoms with Gasteiger partial charge in [-0.1, -0.05) is 0 Å². The standard InChI is InChI=1S/C10H20N2O/c1-9(2,3)12-6-8(13)11-10(4,5)7-12/h6-7H2,1-5H3,(H,11,13). The van der Waals surface area contributed by atoms with Crippen LogP contribution in [0.5, 0.6) is 0 Å². The number of carbonyl (C=O) groups is 1. The van der Waals surface area contributed by atoms with Gasteiger partial charge in [0, 0.05) is 17.6 Å². The summed E-state index contributed by atoms with van der Waals surface area (Å²) >= 11 is 0. The minimum Gasteiger partial charge on any atom is -0.349 e. The van der Waals surface area contributed by atoms with Crippen molar-refractivity contribution in [2.75, 3.05) is 13.1 Å². The molecule has 1 N–H and O–H groups in total. The summed E-state index contributed by atoms with van der Waals surface area (Å²) in [6.45, 7) is 12.0. The fourth-order valence-corrected chi connectivity index (χ4v) is 1.64. The smallest absolute Gasteiger partial charge is 0.234 e. The molecule has 1 rings (SSSR count). The van der Waals surface area contributed by atoms with Gasteiger partial charge in [0.05, 0.1) is 6.54 Å². The predicted octanol–water partition coefficient (Wildman–Crippen LogP) is 0.995. The molecule has 0 bridgehead atoms. The number of hydrogen-bond donors (Lipinski definition) is 1. The van der Waals surface area contributed by atoms with E-state index in [0.717, 1.165) is 6.54 Å². The van der Waals surface area contributed by atoms with Gasteiger partial charge < -0.3 is 5.32 Å². The predicted molar refractivity (Wildman–Crippen MR) is 53.5 cm³/mol. The summed E-state index contributed by atoms with van der Waals surface area (Å²) < 4.78 is 0. The van der Waals surface area contributed by atoms with E-state index in [4.69, 9.17) is 0 Å². The van der Waals surface area contributed by atoms with Crippen LogP contribution < -0.4 is 5.32 Å². The van der Waals surface area contributed by atoms with Gasteiger partial charge in [0.1, 0.15) is 0 Å². The zero-order valence-corrected chi connectivity index (χ0v) is 9.27. The van der Waals surface area contributed by atoms with Crippen molar-refractivity contribution in [1.82, 2.24) is 10.2 Å². The molecule has 3 nitrogen and oxygen atoms in total. The molecule has 1 fully saturated rings. The normalized spacial score (nSPS) is 24.2. The average Bonchev–Trinajstić information content (AvgIpc) is 1.79. The summed E-state index contributed by atoms with van der Waals surface area (Å²) in [6, 6.07) is 0. The van der Waals surface area contributed by atoms with Crippen molar-refractivity contribution in [2.45, 2.75) is 45.7 Å². The lowest BCUT2D eigenvalue weighted by Crippen LogP contribution is -2.63. The van der Waals surface area contributed by atoms with Crippen LogP contribution in [0, 0.1) is 0 Å². The summed E-state index contributed by atoms with van der Waals surface area (Å²) in [4.78, 5) is 13.6. The Kier molecular flexibility index (Phi) is 2.41. The average molecular weight is 184 g/mol. The molecule has 0 aromatic heterocycles. The topological polar surface area (TPSA) is 32.3 Å². The van der Waals surface area contributed by atoms with Crippen LogP contribution in [0.1, 0.15) is 34.6 Å². The van der Waals surface area contributed by atoms with Crippen molar-refractivity contribution in [3.05, 3.63) is 0 Å². The van der Waals surface area contributed by atoms with E-state index in [1.165, 1.54) is 0 Å². The molecule has 0 aromatic rings. The van der Waals surface area contributed by atoms with Crippen molar-refractivity contribution in [1.29, 1.82) is 0 Å². The fraction of sp³-hybridized carbons (Fsp3) is 0.900. The number of carbonyl (C=O) groups excluding carboxylic acids is 1. The molecule has 0 unspecified atom stereocenters. The van der Waals surface area contributed by atoms with Crippen LogP contribution >= 0.6 is 0 Å². The van der Waals surface area contributed by atoms with Crippen molar-refractivity contribution < 1.29 is 4.79 Å². The molecule has 0 saturated carbocycles. The van der Waals surface area contributed by atoms with E-state index in [-0.39, 0.29) is 17.0 Å². The molecule has 1 amide bonds. The Bertz CT molecular complexity index is 215. The lowest BCUT2D eigenvalue weighted by Gasteiger charge is -2.45. The maximum atomic E-state index is 11.4.